The van der Waals surface area contributed by atoms with Crippen LogP contribution in [0, 0.1) is 12.3 Å². The Balaban J connectivity index is 1.57. The van der Waals surface area contributed by atoms with Crippen molar-refractivity contribution in [2.45, 2.75) is 25.3 Å². The molecule has 0 atom stereocenters. The van der Waals surface area contributed by atoms with Gasteiger partial charge in [-0.2, -0.15) is 19.6 Å². The fourth-order valence-corrected chi connectivity index (χ4v) is 3.18. The molecule has 1 aliphatic heterocycles. The van der Waals surface area contributed by atoms with Crippen LogP contribution < -0.4 is 16.0 Å². The molecule has 5 rings (SSSR count). The van der Waals surface area contributed by atoms with Crippen LogP contribution in [-0.4, -0.2) is 37.4 Å². The molecular weight excluding hydrogens is 382 g/mol. The van der Waals surface area contributed by atoms with Gasteiger partial charge in [-0.25, -0.2) is 0 Å². The number of benzene rings is 1. The summed E-state index contributed by atoms with van der Waals surface area (Å²) >= 11 is 0. The Morgan fingerprint density at radius 1 is 1.27 bits per heavy atom. The van der Waals surface area contributed by atoms with Crippen LogP contribution in [-0.2, 0) is 9.59 Å². The van der Waals surface area contributed by atoms with Gasteiger partial charge in [0.2, 0.25) is 17.8 Å². The van der Waals surface area contributed by atoms with Crippen molar-refractivity contribution in [1.82, 2.24) is 24.9 Å². The Morgan fingerprint density at radius 2 is 2.13 bits per heavy atom. The van der Waals surface area contributed by atoms with E-state index in [-0.39, 0.29) is 12.3 Å². The van der Waals surface area contributed by atoms with Crippen LogP contribution in [0.3, 0.4) is 0 Å². The summed E-state index contributed by atoms with van der Waals surface area (Å²) in [7, 11) is 0. The van der Waals surface area contributed by atoms with Gasteiger partial charge in [-0.05, 0) is 37.1 Å². The van der Waals surface area contributed by atoms with E-state index >= 15 is 0 Å². The highest BCUT2D eigenvalue weighted by Gasteiger charge is 2.26. The van der Waals surface area contributed by atoms with Crippen LogP contribution in [0.5, 0.6) is 0 Å². The van der Waals surface area contributed by atoms with Crippen LogP contribution in [0.1, 0.15) is 30.4 Å². The van der Waals surface area contributed by atoms with Crippen molar-refractivity contribution in [2.75, 3.05) is 10.6 Å². The monoisotopic (exact) mass is 399 g/mol. The topological polar surface area (TPSA) is 113 Å². The molecule has 0 radical (unpaired) electrons. The molecular formula is C21H17N7O2. The fraction of sp³-hybridized carbons (Fsp3) is 0.190. The molecule has 148 valence electrons. The van der Waals surface area contributed by atoms with E-state index in [1.54, 1.807) is 16.8 Å². The number of hydrogen-bond acceptors (Lipinski definition) is 7. The van der Waals surface area contributed by atoms with Crippen LogP contribution in [0.25, 0.3) is 11.7 Å². The SMILES string of the molecule is C#Cc1cccc(Nc2nc(NC3CC3)n3ncc(/C=C4\CC(=O)NC4=O)c3n2)c1. The smallest absolute Gasteiger partial charge is 0.254 e. The summed E-state index contributed by atoms with van der Waals surface area (Å²) in [4.78, 5) is 32.6. The maximum Gasteiger partial charge on any atom is 0.254 e. The minimum Gasteiger partial charge on any atom is -0.351 e. The quantitative estimate of drug-likeness (QED) is 0.341. The van der Waals surface area contributed by atoms with E-state index in [0.29, 0.717) is 34.7 Å². The molecule has 1 saturated heterocycles. The van der Waals surface area contributed by atoms with E-state index in [9.17, 15) is 9.59 Å². The van der Waals surface area contributed by atoms with Crippen LogP contribution >= 0.6 is 0 Å². The number of aromatic nitrogens is 4. The predicted molar refractivity (Wildman–Crippen MR) is 111 cm³/mol. The lowest BCUT2D eigenvalue weighted by molar-refractivity contribution is -0.124. The summed E-state index contributed by atoms with van der Waals surface area (Å²) in [5, 5.41) is 13.2. The third-order valence-electron chi connectivity index (χ3n) is 4.82. The Kier molecular flexibility index (Phi) is 4.17. The van der Waals surface area contributed by atoms with Gasteiger partial charge in [0.1, 0.15) is 0 Å². The van der Waals surface area contributed by atoms with Gasteiger partial charge in [0.05, 0.1) is 12.6 Å². The highest BCUT2D eigenvalue weighted by molar-refractivity contribution is 6.15. The summed E-state index contributed by atoms with van der Waals surface area (Å²) in [6.45, 7) is 0. The van der Waals surface area contributed by atoms with E-state index in [2.05, 4.69) is 36.9 Å². The standard InChI is InChI=1S/C21H17N7O2/c1-2-12-4-3-5-16(8-12)23-20-26-18-14(9-13-10-17(29)25-19(13)30)11-22-28(18)21(27-20)24-15-6-7-15/h1,3-5,8-9,11,15H,6-7,10H2,(H,25,29,30)(H2,23,24,26,27)/b13-9+. The molecule has 0 spiro atoms. The van der Waals surface area contributed by atoms with Crippen molar-refractivity contribution in [3.05, 3.63) is 47.2 Å². The summed E-state index contributed by atoms with van der Waals surface area (Å²) in [5.41, 5.74) is 3.01. The van der Waals surface area contributed by atoms with Crippen LogP contribution in [0.4, 0.5) is 17.6 Å². The first-order valence-corrected chi connectivity index (χ1v) is 9.50. The van der Waals surface area contributed by atoms with E-state index < -0.39 is 5.91 Å². The lowest BCUT2D eigenvalue weighted by atomic mass is 10.1. The Bertz CT molecular complexity index is 1260. The summed E-state index contributed by atoms with van der Waals surface area (Å²) in [6, 6.07) is 7.74. The van der Waals surface area contributed by atoms with Gasteiger partial charge >= 0.3 is 0 Å². The lowest BCUT2D eigenvalue weighted by Crippen LogP contribution is -2.19. The van der Waals surface area contributed by atoms with Crippen molar-refractivity contribution >= 4 is 41.1 Å². The second-order valence-corrected chi connectivity index (χ2v) is 7.20. The van der Waals surface area contributed by atoms with Crippen LogP contribution in [0.2, 0.25) is 0 Å². The zero-order chi connectivity index (χ0) is 20.7. The van der Waals surface area contributed by atoms with Gasteiger partial charge in [-0.3, -0.25) is 14.9 Å². The van der Waals surface area contributed by atoms with Crippen molar-refractivity contribution in [3.63, 3.8) is 0 Å². The van der Waals surface area contributed by atoms with Gasteiger partial charge in [0, 0.05) is 28.4 Å². The second-order valence-electron chi connectivity index (χ2n) is 7.20. The number of nitrogens with zero attached hydrogens (tertiary/aromatic N) is 4. The maximum atomic E-state index is 11.9. The molecule has 3 N–H and O–H groups in total. The summed E-state index contributed by atoms with van der Waals surface area (Å²) in [5.74, 6) is 2.81. The van der Waals surface area contributed by atoms with E-state index in [1.165, 1.54) is 0 Å². The number of amides is 2. The van der Waals surface area contributed by atoms with Crippen LogP contribution in [0.15, 0.2) is 36.0 Å². The number of imide groups is 1. The largest absolute Gasteiger partial charge is 0.351 e. The number of carbonyl (C=O) groups is 2. The van der Waals surface area contributed by atoms with Gasteiger partial charge in [0.15, 0.2) is 5.65 Å². The minimum atomic E-state index is -0.394. The molecule has 0 bridgehead atoms. The summed E-state index contributed by atoms with van der Waals surface area (Å²) < 4.78 is 1.60. The number of anilines is 3. The average molecular weight is 399 g/mol. The first-order valence-electron chi connectivity index (χ1n) is 9.50. The van der Waals surface area contributed by atoms with Crippen molar-refractivity contribution in [1.29, 1.82) is 0 Å². The molecule has 0 unspecified atom stereocenters. The first-order chi connectivity index (χ1) is 14.6. The number of fused-ring (bicyclic) bond motifs is 1. The molecule has 2 fully saturated rings. The van der Waals surface area contributed by atoms with Crippen molar-refractivity contribution in [3.8, 4) is 12.3 Å². The predicted octanol–water partition coefficient (Wildman–Crippen LogP) is 1.85. The molecule has 9 nitrogen and oxygen atoms in total. The molecule has 1 saturated carbocycles. The molecule has 1 aromatic carbocycles. The fourth-order valence-electron chi connectivity index (χ4n) is 3.18. The number of terminal acetylenes is 1. The second kappa shape index (κ2) is 7.00. The third-order valence-corrected chi connectivity index (χ3v) is 4.82. The minimum absolute atomic E-state index is 0.0401. The van der Waals surface area contributed by atoms with E-state index in [1.807, 2.05) is 24.3 Å². The summed E-state index contributed by atoms with van der Waals surface area (Å²) in [6.07, 6.45) is 10.9. The van der Waals surface area contributed by atoms with E-state index in [4.69, 9.17) is 6.42 Å². The first kappa shape index (κ1) is 17.9. The van der Waals surface area contributed by atoms with Crippen molar-refractivity contribution < 1.29 is 9.59 Å². The molecule has 2 aliphatic rings. The van der Waals surface area contributed by atoms with E-state index in [0.717, 1.165) is 24.1 Å². The highest BCUT2D eigenvalue weighted by Crippen LogP contribution is 2.27. The zero-order valence-electron chi connectivity index (χ0n) is 15.8. The molecule has 2 aromatic heterocycles. The molecule has 1 aliphatic carbocycles. The zero-order valence-corrected chi connectivity index (χ0v) is 15.8. The normalized spacial score (nSPS) is 17.2. The van der Waals surface area contributed by atoms with Gasteiger partial charge in [0.25, 0.3) is 5.91 Å². The molecule has 2 amide bonds. The number of rotatable bonds is 5. The number of carbonyl (C=O) groups excluding carboxylic acids is 2. The molecule has 3 aromatic rings. The molecule has 9 heteroatoms. The molecule has 30 heavy (non-hydrogen) atoms. The number of nitrogens with one attached hydrogen (secondary N) is 3. The van der Waals surface area contributed by atoms with Gasteiger partial charge in [-0.15, -0.1) is 6.42 Å². The average Bonchev–Trinajstić information content (AvgIpc) is 3.37. The highest BCUT2D eigenvalue weighted by atomic mass is 16.2. The number of hydrogen-bond donors (Lipinski definition) is 3. The Labute approximate surface area is 171 Å². The third kappa shape index (κ3) is 3.46. The Hall–Kier alpha value is -4.19. The Morgan fingerprint density at radius 3 is 2.87 bits per heavy atom. The van der Waals surface area contributed by atoms with Gasteiger partial charge < -0.3 is 10.6 Å². The lowest BCUT2D eigenvalue weighted by Gasteiger charge is -2.10. The molecule has 3 heterocycles. The van der Waals surface area contributed by atoms with Gasteiger partial charge in [-0.1, -0.05) is 12.0 Å². The maximum absolute atomic E-state index is 11.9. The van der Waals surface area contributed by atoms with Crippen molar-refractivity contribution in [2.24, 2.45) is 0 Å².